The maximum absolute atomic E-state index is 12.6. The fraction of sp³-hybridized carbons (Fsp3) is 0.350. The van der Waals surface area contributed by atoms with Gasteiger partial charge in [-0.15, -0.1) is 0 Å². The van der Waals surface area contributed by atoms with E-state index in [-0.39, 0.29) is 5.91 Å². The lowest BCUT2D eigenvalue weighted by Crippen LogP contribution is -2.35. The Balaban J connectivity index is 1.58. The summed E-state index contributed by atoms with van der Waals surface area (Å²) in [6.45, 7) is 2.01. The molecule has 1 amide bonds. The van der Waals surface area contributed by atoms with Gasteiger partial charge in [-0.25, -0.2) is 0 Å². The number of carbonyl (C=O) groups is 1. The predicted molar refractivity (Wildman–Crippen MR) is 98.4 cm³/mol. The molecule has 0 unspecified atom stereocenters. The molecular weight excluding hydrogens is 312 g/mol. The van der Waals surface area contributed by atoms with E-state index in [0.29, 0.717) is 11.7 Å². The molecule has 2 heterocycles. The summed E-state index contributed by atoms with van der Waals surface area (Å²) in [4.78, 5) is 18.9. The van der Waals surface area contributed by atoms with Crippen molar-refractivity contribution < 1.29 is 4.79 Å². The molecule has 1 N–H and O–H groups in total. The number of benzene rings is 1. The third-order valence-corrected chi connectivity index (χ3v) is 5.25. The lowest BCUT2D eigenvalue weighted by Gasteiger charge is -2.23. The zero-order chi connectivity index (χ0) is 17.4. The van der Waals surface area contributed by atoms with Gasteiger partial charge in [0, 0.05) is 35.9 Å². The summed E-state index contributed by atoms with van der Waals surface area (Å²) in [5, 5.41) is 8.37. The Morgan fingerprint density at radius 1 is 1.16 bits per heavy atom. The van der Waals surface area contributed by atoms with Crippen LogP contribution in [-0.2, 0) is 0 Å². The SMILES string of the molecule is Cc1[nH]nc2ccc(-c3ccc(C(=O)N(C)C4CCCC4)nc3)cc12. The van der Waals surface area contributed by atoms with Crippen molar-refractivity contribution in [1.29, 1.82) is 0 Å². The van der Waals surface area contributed by atoms with Gasteiger partial charge in [0.15, 0.2) is 0 Å². The number of aryl methyl sites for hydroxylation is 1. The van der Waals surface area contributed by atoms with Gasteiger partial charge in [-0.05, 0) is 43.5 Å². The molecule has 4 rings (SSSR count). The maximum atomic E-state index is 12.6. The van der Waals surface area contributed by atoms with Crippen LogP contribution in [-0.4, -0.2) is 39.1 Å². The van der Waals surface area contributed by atoms with E-state index in [1.165, 1.54) is 12.8 Å². The minimum absolute atomic E-state index is 0.0135. The van der Waals surface area contributed by atoms with E-state index in [2.05, 4.69) is 21.2 Å². The Hall–Kier alpha value is -2.69. The number of hydrogen-bond acceptors (Lipinski definition) is 3. The summed E-state index contributed by atoms with van der Waals surface area (Å²) in [6, 6.07) is 10.3. The van der Waals surface area contributed by atoms with E-state index in [0.717, 1.165) is 40.6 Å². The number of nitrogens with zero attached hydrogens (tertiary/aromatic N) is 3. The van der Waals surface area contributed by atoms with E-state index in [9.17, 15) is 4.79 Å². The van der Waals surface area contributed by atoms with Crippen molar-refractivity contribution in [2.45, 2.75) is 38.6 Å². The standard InChI is InChI=1S/C20H22N4O/c1-13-17-11-14(7-9-18(17)23-22-13)15-8-10-19(21-12-15)20(25)24(2)16-5-3-4-6-16/h7-12,16H,3-6H2,1-2H3,(H,22,23). The van der Waals surface area contributed by atoms with Crippen LogP contribution in [0.1, 0.15) is 41.9 Å². The first kappa shape index (κ1) is 15.8. The van der Waals surface area contributed by atoms with Crippen molar-refractivity contribution in [3.63, 3.8) is 0 Å². The number of rotatable bonds is 3. The second kappa shape index (κ2) is 6.31. The molecule has 0 aliphatic heterocycles. The van der Waals surface area contributed by atoms with Crippen LogP contribution in [0.2, 0.25) is 0 Å². The fourth-order valence-electron chi connectivity index (χ4n) is 3.65. The number of H-pyrrole nitrogens is 1. The van der Waals surface area contributed by atoms with Crippen molar-refractivity contribution in [3.8, 4) is 11.1 Å². The highest BCUT2D eigenvalue weighted by atomic mass is 16.2. The van der Waals surface area contributed by atoms with Gasteiger partial charge in [-0.3, -0.25) is 14.9 Å². The summed E-state index contributed by atoms with van der Waals surface area (Å²) in [6.07, 6.45) is 6.41. The Morgan fingerprint density at radius 3 is 2.64 bits per heavy atom. The van der Waals surface area contributed by atoms with Crippen molar-refractivity contribution >= 4 is 16.8 Å². The van der Waals surface area contributed by atoms with Crippen LogP contribution >= 0.6 is 0 Å². The smallest absolute Gasteiger partial charge is 0.272 e. The van der Waals surface area contributed by atoms with Crippen molar-refractivity contribution in [2.24, 2.45) is 0 Å². The van der Waals surface area contributed by atoms with E-state index in [4.69, 9.17) is 0 Å². The molecule has 0 spiro atoms. The van der Waals surface area contributed by atoms with Gasteiger partial charge < -0.3 is 4.90 Å². The van der Waals surface area contributed by atoms with Gasteiger partial charge in [-0.1, -0.05) is 25.0 Å². The fourth-order valence-corrected chi connectivity index (χ4v) is 3.65. The molecule has 5 heteroatoms. The van der Waals surface area contributed by atoms with Gasteiger partial charge in [0.05, 0.1) is 5.52 Å². The summed E-state index contributed by atoms with van der Waals surface area (Å²) < 4.78 is 0. The summed E-state index contributed by atoms with van der Waals surface area (Å²) in [5.74, 6) is 0.0135. The van der Waals surface area contributed by atoms with Gasteiger partial charge >= 0.3 is 0 Å². The normalized spacial score (nSPS) is 15.0. The number of carbonyl (C=O) groups excluding carboxylic acids is 1. The van der Waals surface area contributed by atoms with Crippen molar-refractivity contribution in [1.82, 2.24) is 20.1 Å². The Morgan fingerprint density at radius 2 is 1.92 bits per heavy atom. The number of aromatic nitrogens is 3. The Kier molecular flexibility index (Phi) is 3.99. The minimum atomic E-state index is 0.0135. The lowest BCUT2D eigenvalue weighted by molar-refractivity contribution is 0.0729. The van der Waals surface area contributed by atoms with Crippen molar-refractivity contribution in [2.75, 3.05) is 7.05 Å². The molecular formula is C20H22N4O. The molecule has 0 saturated heterocycles. The van der Waals surface area contributed by atoms with Gasteiger partial charge in [0.2, 0.25) is 0 Å². The molecule has 0 atom stereocenters. The van der Waals surface area contributed by atoms with Crippen LogP contribution in [0.25, 0.3) is 22.0 Å². The third kappa shape index (κ3) is 2.90. The summed E-state index contributed by atoms with van der Waals surface area (Å²) >= 11 is 0. The molecule has 0 bridgehead atoms. The summed E-state index contributed by atoms with van der Waals surface area (Å²) in [5.41, 5.74) is 4.60. The summed E-state index contributed by atoms with van der Waals surface area (Å²) in [7, 11) is 1.89. The highest BCUT2D eigenvalue weighted by molar-refractivity contribution is 5.93. The molecule has 5 nitrogen and oxygen atoms in total. The first-order valence-corrected chi connectivity index (χ1v) is 8.82. The number of nitrogens with one attached hydrogen (secondary N) is 1. The zero-order valence-corrected chi connectivity index (χ0v) is 14.6. The molecule has 1 aliphatic carbocycles. The number of pyridine rings is 1. The van der Waals surface area contributed by atoms with Crippen LogP contribution in [0.4, 0.5) is 0 Å². The van der Waals surface area contributed by atoms with E-state index >= 15 is 0 Å². The average molecular weight is 334 g/mol. The zero-order valence-electron chi connectivity index (χ0n) is 14.6. The molecule has 3 aromatic rings. The highest BCUT2D eigenvalue weighted by Crippen LogP contribution is 2.26. The average Bonchev–Trinajstić information content (AvgIpc) is 3.31. The molecule has 1 fully saturated rings. The molecule has 1 aromatic carbocycles. The minimum Gasteiger partial charge on any atom is -0.337 e. The monoisotopic (exact) mass is 334 g/mol. The third-order valence-electron chi connectivity index (χ3n) is 5.25. The second-order valence-electron chi connectivity index (χ2n) is 6.87. The van der Waals surface area contributed by atoms with Crippen LogP contribution in [0.5, 0.6) is 0 Å². The van der Waals surface area contributed by atoms with E-state index in [1.807, 2.05) is 43.1 Å². The van der Waals surface area contributed by atoms with Crippen LogP contribution in [0.3, 0.4) is 0 Å². The first-order chi connectivity index (χ1) is 12.1. The van der Waals surface area contributed by atoms with Crippen molar-refractivity contribution in [3.05, 3.63) is 47.9 Å². The van der Waals surface area contributed by atoms with Gasteiger partial charge in [0.1, 0.15) is 5.69 Å². The number of amides is 1. The van der Waals surface area contributed by atoms with Gasteiger partial charge in [-0.2, -0.15) is 5.10 Å². The molecule has 0 radical (unpaired) electrons. The first-order valence-electron chi connectivity index (χ1n) is 8.82. The highest BCUT2D eigenvalue weighted by Gasteiger charge is 2.24. The van der Waals surface area contributed by atoms with Gasteiger partial charge in [0.25, 0.3) is 5.91 Å². The molecule has 128 valence electrons. The predicted octanol–water partition coefficient (Wildman–Crippen LogP) is 3.95. The van der Waals surface area contributed by atoms with E-state index < -0.39 is 0 Å². The Labute approximate surface area is 147 Å². The molecule has 1 aliphatic rings. The second-order valence-corrected chi connectivity index (χ2v) is 6.87. The molecule has 2 aromatic heterocycles. The number of aromatic amines is 1. The Bertz CT molecular complexity index is 907. The van der Waals surface area contributed by atoms with E-state index in [1.54, 1.807) is 6.20 Å². The maximum Gasteiger partial charge on any atom is 0.272 e. The largest absolute Gasteiger partial charge is 0.337 e. The lowest BCUT2D eigenvalue weighted by atomic mass is 10.0. The number of fused-ring (bicyclic) bond motifs is 1. The molecule has 1 saturated carbocycles. The quantitative estimate of drug-likeness (QED) is 0.789. The number of hydrogen-bond donors (Lipinski definition) is 1. The molecule has 25 heavy (non-hydrogen) atoms. The topological polar surface area (TPSA) is 61.9 Å². The van der Waals surface area contributed by atoms with Crippen LogP contribution in [0.15, 0.2) is 36.5 Å². The van der Waals surface area contributed by atoms with Crippen LogP contribution < -0.4 is 0 Å². The van der Waals surface area contributed by atoms with Crippen LogP contribution in [0, 0.1) is 6.92 Å².